The van der Waals surface area contributed by atoms with Crippen molar-refractivity contribution in [1.29, 1.82) is 0 Å². The fourth-order valence-corrected chi connectivity index (χ4v) is 2.16. The van der Waals surface area contributed by atoms with Crippen LogP contribution in [0.2, 0.25) is 0 Å². The summed E-state index contributed by atoms with van der Waals surface area (Å²) in [6.07, 6.45) is 5.11. The van der Waals surface area contributed by atoms with E-state index in [0.29, 0.717) is 12.3 Å². The predicted molar refractivity (Wildman–Crippen MR) is 48.0 cm³/mol. The van der Waals surface area contributed by atoms with Gasteiger partial charge >= 0.3 is 5.97 Å². The van der Waals surface area contributed by atoms with Gasteiger partial charge in [-0.15, -0.1) is 0 Å². The topological polar surface area (TPSA) is 37.3 Å². The largest absolute Gasteiger partial charge is 0.481 e. The molecule has 0 amide bonds. The molecule has 1 atom stereocenters. The molecular formula is C10H18CdO2. The molecule has 1 saturated carbocycles. The van der Waals surface area contributed by atoms with Crippen LogP contribution in [0.3, 0.4) is 0 Å². The maximum atomic E-state index is 10.6. The van der Waals surface area contributed by atoms with Crippen molar-refractivity contribution < 1.29 is 37.2 Å². The first-order valence-corrected chi connectivity index (χ1v) is 4.74. The summed E-state index contributed by atoms with van der Waals surface area (Å²) in [5.74, 6) is -0.251. The molecule has 0 aromatic carbocycles. The van der Waals surface area contributed by atoms with Gasteiger partial charge in [-0.1, -0.05) is 26.7 Å². The van der Waals surface area contributed by atoms with Gasteiger partial charge in [-0.3, -0.25) is 4.79 Å². The second-order valence-corrected chi connectivity index (χ2v) is 4.53. The fraction of sp³-hybridized carbons (Fsp3) is 0.900. The molecule has 72 valence electrons. The average molecular weight is 283 g/mol. The summed E-state index contributed by atoms with van der Waals surface area (Å²) < 4.78 is 0. The summed E-state index contributed by atoms with van der Waals surface area (Å²) in [5.41, 5.74) is 0.247. The van der Waals surface area contributed by atoms with E-state index in [0.717, 1.165) is 6.42 Å². The Morgan fingerprint density at radius 2 is 2.08 bits per heavy atom. The molecular weight excluding hydrogens is 265 g/mol. The molecule has 1 N–H and O–H groups in total. The number of hydrogen-bond acceptors (Lipinski definition) is 1. The summed E-state index contributed by atoms with van der Waals surface area (Å²) in [6, 6.07) is 0. The van der Waals surface area contributed by atoms with Crippen LogP contribution in [0.25, 0.3) is 0 Å². The summed E-state index contributed by atoms with van der Waals surface area (Å²) in [5, 5.41) is 8.70. The first-order chi connectivity index (χ1) is 5.52. The second kappa shape index (κ2) is 5.32. The van der Waals surface area contributed by atoms with E-state index in [9.17, 15) is 4.79 Å². The van der Waals surface area contributed by atoms with E-state index >= 15 is 0 Å². The first kappa shape index (κ1) is 13.4. The Morgan fingerprint density at radius 3 is 2.54 bits per heavy atom. The number of aliphatic carboxylic acids is 1. The van der Waals surface area contributed by atoms with E-state index in [1.165, 1.54) is 19.3 Å². The van der Waals surface area contributed by atoms with Crippen molar-refractivity contribution in [2.24, 2.45) is 11.3 Å². The molecule has 0 spiro atoms. The second-order valence-electron chi connectivity index (χ2n) is 4.53. The maximum absolute atomic E-state index is 10.6. The smallest absolute Gasteiger partial charge is 0.303 e. The average Bonchev–Trinajstić information content (AvgIpc) is 1.92. The van der Waals surface area contributed by atoms with Crippen molar-refractivity contribution in [2.75, 3.05) is 0 Å². The third-order valence-electron chi connectivity index (χ3n) is 3.15. The van der Waals surface area contributed by atoms with Gasteiger partial charge in [0, 0.05) is 33.7 Å². The quantitative estimate of drug-likeness (QED) is 0.791. The normalized spacial score (nSPS) is 26.2. The van der Waals surface area contributed by atoms with Crippen LogP contribution < -0.4 is 0 Å². The van der Waals surface area contributed by atoms with Gasteiger partial charge in [0.15, 0.2) is 0 Å². The number of carboxylic acids is 1. The zero-order chi connectivity index (χ0) is 9.19. The van der Waals surface area contributed by atoms with Gasteiger partial charge in [0.2, 0.25) is 0 Å². The van der Waals surface area contributed by atoms with E-state index in [1.54, 1.807) is 0 Å². The van der Waals surface area contributed by atoms with E-state index in [-0.39, 0.29) is 32.7 Å². The molecule has 0 radical (unpaired) electrons. The van der Waals surface area contributed by atoms with Crippen LogP contribution in [0.1, 0.15) is 46.0 Å². The van der Waals surface area contributed by atoms with Crippen LogP contribution in [0, 0.1) is 11.3 Å². The van der Waals surface area contributed by atoms with Gasteiger partial charge in [-0.05, 0) is 24.2 Å². The van der Waals surface area contributed by atoms with Gasteiger partial charge in [0.05, 0.1) is 0 Å². The molecule has 0 bridgehead atoms. The van der Waals surface area contributed by atoms with Crippen LogP contribution >= 0.6 is 0 Å². The monoisotopic (exact) mass is 284 g/mol. The van der Waals surface area contributed by atoms with Crippen LogP contribution in [0.4, 0.5) is 0 Å². The van der Waals surface area contributed by atoms with E-state index < -0.39 is 5.97 Å². The molecule has 0 aromatic heterocycles. The van der Waals surface area contributed by atoms with E-state index in [1.807, 2.05) is 0 Å². The standard InChI is InChI=1S/C10H18O2.Cd/c1-10(2)6-4-3-5-8(10)7-9(11)12;/h8H,3-7H2,1-2H3,(H,11,12);. The van der Waals surface area contributed by atoms with E-state index in [2.05, 4.69) is 13.8 Å². The van der Waals surface area contributed by atoms with E-state index in [4.69, 9.17) is 5.11 Å². The molecule has 0 heterocycles. The molecule has 1 rings (SSSR count). The predicted octanol–water partition coefficient (Wildman–Crippen LogP) is 2.68. The Hall–Kier alpha value is 0.392. The minimum Gasteiger partial charge on any atom is -0.481 e. The third kappa shape index (κ3) is 3.96. The van der Waals surface area contributed by atoms with Gasteiger partial charge in [-0.25, -0.2) is 0 Å². The molecule has 0 aliphatic heterocycles. The minimum absolute atomic E-state index is 0. The zero-order valence-corrected chi connectivity index (χ0v) is 12.7. The summed E-state index contributed by atoms with van der Waals surface area (Å²) in [4.78, 5) is 10.6. The number of rotatable bonds is 2. The SMILES string of the molecule is CC1(C)CCCCC1CC(=O)O.[Cd]. The Morgan fingerprint density at radius 1 is 1.46 bits per heavy atom. The van der Waals surface area contributed by atoms with Crippen molar-refractivity contribution in [3.05, 3.63) is 0 Å². The van der Waals surface area contributed by atoms with Crippen LogP contribution in [-0.2, 0) is 32.1 Å². The summed E-state index contributed by atoms with van der Waals surface area (Å²) >= 11 is 0. The summed E-state index contributed by atoms with van der Waals surface area (Å²) in [7, 11) is 0. The van der Waals surface area contributed by atoms with Crippen LogP contribution in [-0.4, -0.2) is 11.1 Å². The van der Waals surface area contributed by atoms with Gasteiger partial charge < -0.3 is 5.11 Å². The number of carboxylic acid groups (broad SMARTS) is 1. The first-order valence-electron chi connectivity index (χ1n) is 4.74. The van der Waals surface area contributed by atoms with Gasteiger partial charge in [-0.2, -0.15) is 0 Å². The van der Waals surface area contributed by atoms with Crippen molar-refractivity contribution in [2.45, 2.75) is 46.0 Å². The molecule has 0 saturated heterocycles. The molecule has 1 aliphatic rings. The van der Waals surface area contributed by atoms with Crippen molar-refractivity contribution >= 4 is 5.97 Å². The molecule has 1 aliphatic carbocycles. The number of carbonyl (C=O) groups is 1. The number of hydrogen-bond donors (Lipinski definition) is 1. The fourth-order valence-electron chi connectivity index (χ4n) is 2.16. The van der Waals surface area contributed by atoms with Crippen LogP contribution in [0.15, 0.2) is 0 Å². The Kier molecular flexibility index (Phi) is 5.48. The Bertz CT molecular complexity index is 178. The molecule has 3 heteroatoms. The molecule has 0 aromatic rings. The van der Waals surface area contributed by atoms with Gasteiger partial charge in [0.1, 0.15) is 0 Å². The third-order valence-corrected chi connectivity index (χ3v) is 3.15. The van der Waals surface area contributed by atoms with Crippen LogP contribution in [0.5, 0.6) is 0 Å². The van der Waals surface area contributed by atoms with Crippen molar-refractivity contribution in [3.8, 4) is 0 Å². The minimum atomic E-state index is -0.644. The molecule has 13 heavy (non-hydrogen) atoms. The molecule has 2 nitrogen and oxygen atoms in total. The van der Waals surface area contributed by atoms with Crippen molar-refractivity contribution in [3.63, 3.8) is 0 Å². The molecule has 1 unspecified atom stereocenters. The Balaban J connectivity index is 0.00000144. The Labute approximate surface area is 100 Å². The zero-order valence-electron chi connectivity index (χ0n) is 8.68. The summed E-state index contributed by atoms with van der Waals surface area (Å²) in [6.45, 7) is 4.39. The molecule has 1 fully saturated rings. The van der Waals surface area contributed by atoms with Gasteiger partial charge in [0.25, 0.3) is 0 Å². The maximum Gasteiger partial charge on any atom is 0.303 e. The van der Waals surface area contributed by atoms with Crippen molar-refractivity contribution in [1.82, 2.24) is 0 Å².